The molecule has 0 aliphatic rings. The first-order chi connectivity index (χ1) is 11.3. The van der Waals surface area contributed by atoms with Gasteiger partial charge >= 0.3 is 0 Å². The first-order valence-corrected chi connectivity index (χ1v) is 7.47. The largest absolute Gasteiger partial charge is 0.288 e. The Balaban J connectivity index is 2.13. The second-order valence-electron chi connectivity index (χ2n) is 5.31. The van der Waals surface area contributed by atoms with E-state index in [1.54, 1.807) is 16.8 Å². The van der Waals surface area contributed by atoms with Gasteiger partial charge in [-0.25, -0.2) is 4.68 Å². The molecule has 4 aromatic rings. The number of nitrogens with zero attached hydrogens (tertiary/aromatic N) is 2. The van der Waals surface area contributed by atoms with Gasteiger partial charge in [-0.1, -0.05) is 66.7 Å². The fourth-order valence-corrected chi connectivity index (χ4v) is 2.76. The summed E-state index contributed by atoms with van der Waals surface area (Å²) < 4.78 is 1.74. The normalized spacial score (nSPS) is 10.8. The number of aromatic nitrogens is 2. The minimum absolute atomic E-state index is 0.0384. The van der Waals surface area contributed by atoms with Crippen LogP contribution in [0.3, 0.4) is 0 Å². The minimum atomic E-state index is -0.0384. The van der Waals surface area contributed by atoms with Crippen LogP contribution in [-0.2, 0) is 0 Å². The number of benzene rings is 2. The van der Waals surface area contributed by atoms with Gasteiger partial charge in [0.1, 0.15) is 11.2 Å². The first-order valence-electron chi connectivity index (χ1n) is 7.47. The fourth-order valence-electron chi connectivity index (χ4n) is 2.76. The van der Waals surface area contributed by atoms with Crippen molar-refractivity contribution in [1.29, 1.82) is 0 Å². The van der Waals surface area contributed by atoms with Crippen molar-refractivity contribution in [3.63, 3.8) is 0 Å². The molecular weight excluding hydrogens is 284 g/mol. The first kappa shape index (κ1) is 13.5. The summed E-state index contributed by atoms with van der Waals surface area (Å²) in [6, 6.07) is 26.9. The molecule has 3 nitrogen and oxygen atoms in total. The van der Waals surface area contributed by atoms with Crippen LogP contribution in [0.25, 0.3) is 27.8 Å². The number of hydrogen-bond acceptors (Lipinski definition) is 2. The highest BCUT2D eigenvalue weighted by atomic mass is 16.1. The van der Waals surface area contributed by atoms with E-state index in [0.717, 1.165) is 22.3 Å². The Labute approximate surface area is 133 Å². The van der Waals surface area contributed by atoms with Gasteiger partial charge in [-0.05, 0) is 18.2 Å². The summed E-state index contributed by atoms with van der Waals surface area (Å²) in [5, 5.41) is 5.59. The Hall–Kier alpha value is -3.20. The quantitative estimate of drug-likeness (QED) is 0.559. The Morgan fingerprint density at radius 1 is 0.696 bits per heavy atom. The summed E-state index contributed by atoms with van der Waals surface area (Å²) in [5.41, 5.74) is 3.25. The molecule has 0 saturated heterocycles. The standard InChI is InChI=1S/C20H14N2O/c23-18-14-8-7-13-17-19(15-9-3-1-4-10-15)21-22(20(17)18)16-11-5-2-6-12-16/h1-14H. The monoisotopic (exact) mass is 298 g/mol. The zero-order valence-corrected chi connectivity index (χ0v) is 12.4. The highest BCUT2D eigenvalue weighted by molar-refractivity contribution is 5.93. The topological polar surface area (TPSA) is 34.9 Å². The van der Waals surface area contributed by atoms with Crippen LogP contribution in [0.1, 0.15) is 0 Å². The molecule has 0 bridgehead atoms. The van der Waals surface area contributed by atoms with Gasteiger partial charge in [0.2, 0.25) is 5.43 Å². The molecule has 1 heterocycles. The van der Waals surface area contributed by atoms with E-state index in [1.807, 2.05) is 72.8 Å². The van der Waals surface area contributed by atoms with Crippen molar-refractivity contribution >= 4 is 10.9 Å². The third-order valence-corrected chi connectivity index (χ3v) is 3.83. The van der Waals surface area contributed by atoms with Crippen LogP contribution in [0.5, 0.6) is 0 Å². The summed E-state index contributed by atoms with van der Waals surface area (Å²) in [6.45, 7) is 0. The molecule has 0 radical (unpaired) electrons. The third kappa shape index (κ3) is 2.32. The summed E-state index contributed by atoms with van der Waals surface area (Å²) in [7, 11) is 0. The molecule has 0 amide bonds. The lowest BCUT2D eigenvalue weighted by molar-refractivity contribution is 0.912. The van der Waals surface area contributed by atoms with Gasteiger partial charge in [-0.3, -0.25) is 4.79 Å². The van der Waals surface area contributed by atoms with Crippen molar-refractivity contribution in [2.24, 2.45) is 0 Å². The Bertz CT molecular complexity index is 1020. The van der Waals surface area contributed by atoms with Gasteiger partial charge in [0, 0.05) is 10.9 Å². The van der Waals surface area contributed by atoms with Crippen molar-refractivity contribution in [2.75, 3.05) is 0 Å². The molecular formula is C20H14N2O. The smallest absolute Gasteiger partial charge is 0.204 e. The molecule has 0 unspecified atom stereocenters. The van der Waals surface area contributed by atoms with Crippen molar-refractivity contribution in [2.45, 2.75) is 0 Å². The second-order valence-corrected chi connectivity index (χ2v) is 5.31. The molecule has 0 spiro atoms. The molecule has 0 fully saturated rings. The van der Waals surface area contributed by atoms with Crippen molar-refractivity contribution < 1.29 is 0 Å². The zero-order valence-electron chi connectivity index (χ0n) is 12.4. The number of rotatable bonds is 2. The van der Waals surface area contributed by atoms with Crippen LogP contribution in [-0.4, -0.2) is 9.78 Å². The molecule has 4 rings (SSSR count). The number of para-hydroxylation sites is 1. The van der Waals surface area contributed by atoms with E-state index < -0.39 is 0 Å². The van der Waals surface area contributed by atoms with E-state index in [0.29, 0.717) is 5.52 Å². The lowest BCUT2D eigenvalue weighted by Crippen LogP contribution is -2.04. The summed E-state index contributed by atoms with van der Waals surface area (Å²) in [5.74, 6) is 0. The van der Waals surface area contributed by atoms with Gasteiger partial charge in [-0.2, -0.15) is 5.10 Å². The van der Waals surface area contributed by atoms with Crippen LogP contribution in [0.2, 0.25) is 0 Å². The SMILES string of the molecule is O=c1ccccc2c(-c3ccccc3)nn(-c3ccccc3)c12. The molecule has 0 saturated carbocycles. The average Bonchev–Trinajstić information content (AvgIpc) is 2.89. The molecule has 3 heteroatoms. The van der Waals surface area contributed by atoms with Gasteiger partial charge in [0.05, 0.1) is 5.69 Å². The van der Waals surface area contributed by atoms with Crippen LogP contribution >= 0.6 is 0 Å². The minimum Gasteiger partial charge on any atom is -0.288 e. The Kier molecular flexibility index (Phi) is 3.24. The van der Waals surface area contributed by atoms with Crippen molar-refractivity contribution in [3.05, 3.63) is 95.2 Å². The molecule has 110 valence electrons. The molecule has 3 aromatic carbocycles. The van der Waals surface area contributed by atoms with E-state index in [-0.39, 0.29) is 5.43 Å². The number of fused-ring (bicyclic) bond motifs is 1. The van der Waals surface area contributed by atoms with Gasteiger partial charge < -0.3 is 0 Å². The van der Waals surface area contributed by atoms with Crippen molar-refractivity contribution in [3.8, 4) is 16.9 Å². The molecule has 23 heavy (non-hydrogen) atoms. The van der Waals surface area contributed by atoms with Crippen molar-refractivity contribution in [1.82, 2.24) is 9.78 Å². The lowest BCUT2D eigenvalue weighted by atomic mass is 10.1. The van der Waals surface area contributed by atoms with E-state index >= 15 is 0 Å². The van der Waals surface area contributed by atoms with E-state index in [9.17, 15) is 4.79 Å². The predicted octanol–water partition coefficient (Wildman–Crippen LogP) is 4.05. The highest BCUT2D eigenvalue weighted by Crippen LogP contribution is 2.27. The maximum absolute atomic E-state index is 12.6. The van der Waals surface area contributed by atoms with Crippen LogP contribution in [0.4, 0.5) is 0 Å². The Morgan fingerprint density at radius 3 is 2.04 bits per heavy atom. The molecule has 0 atom stereocenters. The van der Waals surface area contributed by atoms with Gasteiger partial charge in [0.25, 0.3) is 0 Å². The maximum atomic E-state index is 12.6. The van der Waals surface area contributed by atoms with Crippen LogP contribution in [0, 0.1) is 0 Å². The average molecular weight is 298 g/mol. The molecule has 0 aliphatic carbocycles. The van der Waals surface area contributed by atoms with E-state index in [4.69, 9.17) is 5.10 Å². The third-order valence-electron chi connectivity index (χ3n) is 3.83. The van der Waals surface area contributed by atoms with Crippen LogP contribution in [0.15, 0.2) is 89.7 Å². The fraction of sp³-hybridized carbons (Fsp3) is 0. The van der Waals surface area contributed by atoms with E-state index in [1.165, 1.54) is 0 Å². The van der Waals surface area contributed by atoms with Gasteiger partial charge in [0.15, 0.2) is 0 Å². The molecule has 0 aliphatic heterocycles. The summed E-state index contributed by atoms with van der Waals surface area (Å²) in [4.78, 5) is 12.6. The molecule has 1 aromatic heterocycles. The highest BCUT2D eigenvalue weighted by Gasteiger charge is 2.14. The van der Waals surface area contributed by atoms with Crippen LogP contribution < -0.4 is 5.43 Å². The zero-order chi connectivity index (χ0) is 15.6. The summed E-state index contributed by atoms with van der Waals surface area (Å²) >= 11 is 0. The predicted molar refractivity (Wildman–Crippen MR) is 92.8 cm³/mol. The molecule has 0 N–H and O–H groups in total. The lowest BCUT2D eigenvalue weighted by Gasteiger charge is -2.01. The number of hydrogen-bond donors (Lipinski definition) is 0. The van der Waals surface area contributed by atoms with E-state index in [2.05, 4.69) is 0 Å². The maximum Gasteiger partial charge on any atom is 0.204 e. The Morgan fingerprint density at radius 2 is 1.30 bits per heavy atom. The summed E-state index contributed by atoms with van der Waals surface area (Å²) in [6.07, 6.45) is 0. The second kappa shape index (κ2) is 5.54. The van der Waals surface area contributed by atoms with Gasteiger partial charge in [-0.15, -0.1) is 0 Å².